The number of hydroxylamine groups is 2. The van der Waals surface area contributed by atoms with Crippen molar-refractivity contribution in [3.05, 3.63) is 12.2 Å². The third-order valence-electron chi connectivity index (χ3n) is 2.20. The van der Waals surface area contributed by atoms with Crippen LogP contribution in [-0.2, 0) is 9.63 Å². The summed E-state index contributed by atoms with van der Waals surface area (Å²) in [4.78, 5) is 16.3. The Labute approximate surface area is 73.0 Å². The van der Waals surface area contributed by atoms with Gasteiger partial charge in [-0.05, 0) is 19.3 Å². The van der Waals surface area contributed by atoms with Crippen molar-refractivity contribution in [1.29, 1.82) is 0 Å². The maximum atomic E-state index is 11.5. The first-order valence-electron chi connectivity index (χ1n) is 4.22. The van der Waals surface area contributed by atoms with Gasteiger partial charge in [0, 0.05) is 13.0 Å². The Hall–Kier alpha value is -0.830. The zero-order valence-electron chi connectivity index (χ0n) is 7.62. The molecular weight excluding hydrogens is 154 g/mol. The van der Waals surface area contributed by atoms with Crippen LogP contribution in [0.2, 0.25) is 0 Å². The molecule has 0 unspecified atom stereocenters. The fourth-order valence-corrected chi connectivity index (χ4v) is 1.36. The summed E-state index contributed by atoms with van der Waals surface area (Å²) in [5.41, 5.74) is 0. The van der Waals surface area contributed by atoms with E-state index in [4.69, 9.17) is 4.84 Å². The highest BCUT2D eigenvalue weighted by molar-refractivity contribution is 5.77. The molecule has 1 amide bonds. The predicted molar refractivity (Wildman–Crippen MR) is 46.3 cm³/mol. The average Bonchev–Trinajstić information content (AvgIpc) is 2.17. The molecule has 68 valence electrons. The van der Waals surface area contributed by atoms with E-state index in [-0.39, 0.29) is 11.8 Å². The Bertz CT molecular complexity index is 189. The largest absolute Gasteiger partial charge is 0.275 e. The lowest BCUT2D eigenvalue weighted by molar-refractivity contribution is -0.173. The normalized spacial score (nSPS) is 22.3. The molecule has 3 nitrogen and oxygen atoms in total. The molecule has 0 saturated carbocycles. The standard InChI is InChI=1S/C9H15NO2/c1-10(12-2)9(11)8-6-4-3-5-7-8/h3-4,8H,5-7H2,1-2H3/t8-/m1/s1. The number of hydrogen-bond donors (Lipinski definition) is 0. The van der Waals surface area contributed by atoms with Crippen molar-refractivity contribution in [3.8, 4) is 0 Å². The molecule has 1 aliphatic rings. The summed E-state index contributed by atoms with van der Waals surface area (Å²) in [5, 5.41) is 1.31. The van der Waals surface area contributed by atoms with E-state index >= 15 is 0 Å². The zero-order valence-corrected chi connectivity index (χ0v) is 7.62. The van der Waals surface area contributed by atoms with E-state index in [9.17, 15) is 4.79 Å². The van der Waals surface area contributed by atoms with Gasteiger partial charge in [0.15, 0.2) is 0 Å². The molecule has 0 saturated heterocycles. The smallest absolute Gasteiger partial charge is 0.249 e. The number of allylic oxidation sites excluding steroid dienone is 2. The fraction of sp³-hybridized carbons (Fsp3) is 0.667. The molecule has 1 aliphatic carbocycles. The first-order chi connectivity index (χ1) is 5.75. The molecular formula is C9H15NO2. The molecule has 0 spiro atoms. The lowest BCUT2D eigenvalue weighted by atomic mass is 9.94. The van der Waals surface area contributed by atoms with E-state index in [1.54, 1.807) is 7.05 Å². The molecule has 0 heterocycles. The maximum Gasteiger partial charge on any atom is 0.249 e. The topological polar surface area (TPSA) is 29.5 Å². The van der Waals surface area contributed by atoms with Crippen molar-refractivity contribution >= 4 is 5.91 Å². The molecule has 12 heavy (non-hydrogen) atoms. The van der Waals surface area contributed by atoms with Crippen molar-refractivity contribution in [2.75, 3.05) is 14.2 Å². The number of amides is 1. The summed E-state index contributed by atoms with van der Waals surface area (Å²) in [7, 11) is 3.16. The summed E-state index contributed by atoms with van der Waals surface area (Å²) in [6, 6.07) is 0. The van der Waals surface area contributed by atoms with Gasteiger partial charge in [0.05, 0.1) is 7.11 Å². The lowest BCUT2D eigenvalue weighted by Crippen LogP contribution is -2.32. The monoisotopic (exact) mass is 169 g/mol. The van der Waals surface area contributed by atoms with Crippen molar-refractivity contribution < 1.29 is 9.63 Å². The maximum absolute atomic E-state index is 11.5. The lowest BCUT2D eigenvalue weighted by Gasteiger charge is -2.22. The molecule has 1 rings (SSSR count). The van der Waals surface area contributed by atoms with Gasteiger partial charge in [0.25, 0.3) is 0 Å². The van der Waals surface area contributed by atoms with E-state index in [2.05, 4.69) is 12.2 Å². The van der Waals surface area contributed by atoms with E-state index in [0.717, 1.165) is 19.3 Å². The van der Waals surface area contributed by atoms with Gasteiger partial charge in [-0.1, -0.05) is 12.2 Å². The van der Waals surface area contributed by atoms with Crippen LogP contribution >= 0.6 is 0 Å². The SMILES string of the molecule is CON(C)C(=O)[C@@H]1CC=CCC1. The number of carbonyl (C=O) groups is 1. The molecule has 0 aromatic rings. The summed E-state index contributed by atoms with van der Waals surface area (Å²) < 4.78 is 0. The molecule has 1 atom stereocenters. The van der Waals surface area contributed by atoms with Crippen molar-refractivity contribution in [3.63, 3.8) is 0 Å². The van der Waals surface area contributed by atoms with Crippen LogP contribution in [0.25, 0.3) is 0 Å². The third-order valence-corrected chi connectivity index (χ3v) is 2.20. The first kappa shape index (κ1) is 9.26. The van der Waals surface area contributed by atoms with Gasteiger partial charge in [-0.2, -0.15) is 0 Å². The summed E-state index contributed by atoms with van der Waals surface area (Å²) in [6.45, 7) is 0. The summed E-state index contributed by atoms with van der Waals surface area (Å²) in [6.07, 6.45) is 7.00. The van der Waals surface area contributed by atoms with E-state index in [0.29, 0.717) is 0 Å². The molecule has 0 fully saturated rings. The molecule has 0 aromatic heterocycles. The van der Waals surface area contributed by atoms with Crippen LogP contribution in [0.15, 0.2) is 12.2 Å². The number of hydrogen-bond acceptors (Lipinski definition) is 2. The quantitative estimate of drug-likeness (QED) is 0.461. The van der Waals surface area contributed by atoms with Crippen LogP contribution in [0.3, 0.4) is 0 Å². The van der Waals surface area contributed by atoms with Gasteiger partial charge in [0.2, 0.25) is 5.91 Å². The zero-order chi connectivity index (χ0) is 8.97. The van der Waals surface area contributed by atoms with Crippen molar-refractivity contribution in [2.45, 2.75) is 19.3 Å². The molecule has 0 radical (unpaired) electrons. The van der Waals surface area contributed by atoms with Gasteiger partial charge in [0.1, 0.15) is 0 Å². The first-order valence-corrected chi connectivity index (χ1v) is 4.22. The van der Waals surface area contributed by atoms with Crippen LogP contribution in [0.1, 0.15) is 19.3 Å². The average molecular weight is 169 g/mol. The fourth-order valence-electron chi connectivity index (χ4n) is 1.36. The van der Waals surface area contributed by atoms with Crippen LogP contribution in [0.5, 0.6) is 0 Å². The van der Waals surface area contributed by atoms with Gasteiger partial charge in [-0.15, -0.1) is 0 Å². The van der Waals surface area contributed by atoms with Crippen LogP contribution < -0.4 is 0 Å². The van der Waals surface area contributed by atoms with Crippen molar-refractivity contribution in [2.24, 2.45) is 5.92 Å². The highest BCUT2D eigenvalue weighted by atomic mass is 16.7. The minimum Gasteiger partial charge on any atom is -0.275 e. The molecule has 0 N–H and O–H groups in total. The second-order valence-corrected chi connectivity index (χ2v) is 3.00. The van der Waals surface area contributed by atoms with E-state index < -0.39 is 0 Å². The highest BCUT2D eigenvalue weighted by Crippen LogP contribution is 2.19. The summed E-state index contributed by atoms with van der Waals surface area (Å²) >= 11 is 0. The highest BCUT2D eigenvalue weighted by Gasteiger charge is 2.21. The van der Waals surface area contributed by atoms with Gasteiger partial charge >= 0.3 is 0 Å². The number of nitrogens with zero attached hydrogens (tertiary/aromatic N) is 1. The Morgan fingerprint density at radius 3 is 2.83 bits per heavy atom. The predicted octanol–water partition coefficient (Wildman–Crippen LogP) is 1.36. The third kappa shape index (κ3) is 2.08. The Morgan fingerprint density at radius 1 is 1.58 bits per heavy atom. The van der Waals surface area contributed by atoms with Crippen LogP contribution in [0.4, 0.5) is 0 Å². The summed E-state index contributed by atoms with van der Waals surface area (Å²) in [5.74, 6) is 0.210. The second kappa shape index (κ2) is 4.26. The molecule has 0 bridgehead atoms. The van der Waals surface area contributed by atoms with Gasteiger partial charge in [-0.3, -0.25) is 9.63 Å². The van der Waals surface area contributed by atoms with Gasteiger partial charge in [-0.25, -0.2) is 5.06 Å². The molecule has 0 aromatic carbocycles. The minimum atomic E-state index is 0.0850. The second-order valence-electron chi connectivity index (χ2n) is 3.00. The Kier molecular flexibility index (Phi) is 3.29. The van der Waals surface area contributed by atoms with Crippen LogP contribution in [-0.4, -0.2) is 25.1 Å². The minimum absolute atomic E-state index is 0.0850. The van der Waals surface area contributed by atoms with Gasteiger partial charge < -0.3 is 0 Å². The van der Waals surface area contributed by atoms with E-state index in [1.807, 2.05) is 0 Å². The molecule has 0 aliphatic heterocycles. The number of carbonyl (C=O) groups excluding carboxylic acids is 1. The molecule has 3 heteroatoms. The van der Waals surface area contributed by atoms with Crippen LogP contribution in [0, 0.1) is 5.92 Å². The Morgan fingerprint density at radius 2 is 2.33 bits per heavy atom. The Balaban J connectivity index is 2.46. The van der Waals surface area contributed by atoms with Crippen molar-refractivity contribution in [1.82, 2.24) is 5.06 Å². The number of rotatable bonds is 2. The van der Waals surface area contributed by atoms with E-state index in [1.165, 1.54) is 12.2 Å².